The number of nitrogens with zero attached hydrogens (tertiary/aromatic N) is 1. The van der Waals surface area contributed by atoms with Gasteiger partial charge in [0, 0.05) is 17.1 Å². The molecule has 0 radical (unpaired) electrons. The Bertz CT molecular complexity index is 602. The lowest BCUT2D eigenvalue weighted by atomic mass is 10.2. The summed E-state index contributed by atoms with van der Waals surface area (Å²) in [5.74, 6) is 0.506. The zero-order chi connectivity index (χ0) is 14.5. The van der Waals surface area contributed by atoms with Crippen LogP contribution in [-0.4, -0.2) is 18.0 Å². The number of hydrogen-bond donors (Lipinski definition) is 0. The fourth-order valence-electron chi connectivity index (χ4n) is 1.64. The molecule has 0 fully saturated rings. The van der Waals surface area contributed by atoms with Crippen LogP contribution in [0.1, 0.15) is 5.56 Å². The van der Waals surface area contributed by atoms with Crippen molar-refractivity contribution in [1.82, 2.24) is 4.90 Å². The van der Waals surface area contributed by atoms with Gasteiger partial charge in [-0.05, 0) is 29.8 Å². The summed E-state index contributed by atoms with van der Waals surface area (Å²) >= 11 is 11.9. The van der Waals surface area contributed by atoms with Crippen LogP contribution in [0.25, 0.3) is 0 Å². The molecule has 20 heavy (non-hydrogen) atoms. The molecule has 104 valence electrons. The molecule has 2 aromatic rings. The first-order chi connectivity index (χ1) is 9.56. The van der Waals surface area contributed by atoms with Crippen molar-refractivity contribution in [2.75, 3.05) is 7.05 Å². The standard InChI is InChI=1S/C15H13Cl2NO2/c1-18(10-11-7-8-12(16)9-14(11)17)15(19)20-13-5-3-2-4-6-13/h2-9H,10H2,1H3. The zero-order valence-electron chi connectivity index (χ0n) is 10.8. The Morgan fingerprint density at radius 2 is 1.85 bits per heavy atom. The van der Waals surface area contributed by atoms with E-state index in [1.165, 1.54) is 4.90 Å². The van der Waals surface area contributed by atoms with E-state index in [4.69, 9.17) is 27.9 Å². The molecule has 0 heterocycles. The zero-order valence-corrected chi connectivity index (χ0v) is 12.4. The van der Waals surface area contributed by atoms with Gasteiger partial charge in [-0.25, -0.2) is 4.79 Å². The smallest absolute Gasteiger partial charge is 0.410 e. The summed E-state index contributed by atoms with van der Waals surface area (Å²) in [6.45, 7) is 0.349. The molecule has 0 aliphatic heterocycles. The first-order valence-electron chi connectivity index (χ1n) is 5.98. The van der Waals surface area contributed by atoms with Gasteiger partial charge in [-0.15, -0.1) is 0 Å². The van der Waals surface area contributed by atoms with Crippen molar-refractivity contribution in [3.05, 3.63) is 64.1 Å². The average molecular weight is 310 g/mol. The third kappa shape index (κ3) is 3.89. The maximum atomic E-state index is 11.9. The summed E-state index contributed by atoms with van der Waals surface area (Å²) in [6, 6.07) is 14.1. The highest BCUT2D eigenvalue weighted by molar-refractivity contribution is 6.35. The molecular weight excluding hydrogens is 297 g/mol. The Morgan fingerprint density at radius 3 is 2.50 bits per heavy atom. The highest BCUT2D eigenvalue weighted by Crippen LogP contribution is 2.22. The van der Waals surface area contributed by atoms with E-state index >= 15 is 0 Å². The number of para-hydroxylation sites is 1. The largest absolute Gasteiger partial charge is 0.415 e. The molecule has 3 nitrogen and oxygen atoms in total. The van der Waals surface area contributed by atoms with Gasteiger partial charge in [0.05, 0.1) is 6.54 Å². The summed E-state index contributed by atoms with van der Waals surface area (Å²) in [6.07, 6.45) is -0.442. The average Bonchev–Trinajstić information content (AvgIpc) is 2.43. The van der Waals surface area contributed by atoms with Crippen LogP contribution < -0.4 is 4.74 Å². The third-order valence-corrected chi connectivity index (χ3v) is 3.27. The van der Waals surface area contributed by atoms with Crippen molar-refractivity contribution in [3.8, 4) is 5.75 Å². The Labute approximate surface area is 127 Å². The number of carbonyl (C=O) groups excluding carboxylic acids is 1. The fraction of sp³-hybridized carbons (Fsp3) is 0.133. The van der Waals surface area contributed by atoms with Crippen molar-refractivity contribution in [3.63, 3.8) is 0 Å². The first kappa shape index (κ1) is 14.7. The van der Waals surface area contributed by atoms with Crippen LogP contribution in [0.4, 0.5) is 4.79 Å². The van der Waals surface area contributed by atoms with Gasteiger partial charge in [-0.3, -0.25) is 0 Å². The minimum absolute atomic E-state index is 0.349. The Balaban J connectivity index is 2.00. The molecule has 0 unspecified atom stereocenters. The lowest BCUT2D eigenvalue weighted by Gasteiger charge is -2.17. The maximum Gasteiger partial charge on any atom is 0.415 e. The highest BCUT2D eigenvalue weighted by atomic mass is 35.5. The number of carbonyl (C=O) groups is 1. The van der Waals surface area contributed by atoms with Crippen molar-refractivity contribution >= 4 is 29.3 Å². The molecule has 0 aliphatic rings. The molecular formula is C15H13Cl2NO2. The SMILES string of the molecule is CN(Cc1ccc(Cl)cc1Cl)C(=O)Oc1ccccc1. The van der Waals surface area contributed by atoms with Crippen molar-refractivity contribution in [2.24, 2.45) is 0 Å². The van der Waals surface area contributed by atoms with Crippen LogP contribution >= 0.6 is 23.2 Å². The van der Waals surface area contributed by atoms with Crippen LogP contribution in [0.5, 0.6) is 5.75 Å². The quantitative estimate of drug-likeness (QED) is 0.827. The molecule has 0 saturated heterocycles. The van der Waals surface area contributed by atoms with Crippen LogP contribution in [0.2, 0.25) is 10.0 Å². The highest BCUT2D eigenvalue weighted by Gasteiger charge is 2.13. The predicted octanol–water partition coefficient (Wildman–Crippen LogP) is 4.62. The Hall–Kier alpha value is -1.71. The van der Waals surface area contributed by atoms with Crippen LogP contribution in [0.15, 0.2) is 48.5 Å². The fourth-order valence-corrected chi connectivity index (χ4v) is 2.11. The summed E-state index contributed by atoms with van der Waals surface area (Å²) < 4.78 is 5.23. The second-order valence-electron chi connectivity index (χ2n) is 4.27. The van der Waals surface area contributed by atoms with Gasteiger partial charge >= 0.3 is 6.09 Å². The molecule has 0 saturated carbocycles. The van der Waals surface area contributed by atoms with Gasteiger partial charge in [-0.2, -0.15) is 0 Å². The maximum absolute atomic E-state index is 11.9. The molecule has 0 atom stereocenters. The Morgan fingerprint density at radius 1 is 1.15 bits per heavy atom. The van der Waals surface area contributed by atoms with E-state index in [1.807, 2.05) is 6.07 Å². The van der Waals surface area contributed by atoms with Gasteiger partial charge in [-0.1, -0.05) is 47.5 Å². The van der Waals surface area contributed by atoms with E-state index in [2.05, 4.69) is 0 Å². The molecule has 0 spiro atoms. The number of hydrogen-bond acceptors (Lipinski definition) is 2. The van der Waals surface area contributed by atoms with E-state index in [0.717, 1.165) is 5.56 Å². The number of amides is 1. The van der Waals surface area contributed by atoms with Crippen LogP contribution in [0.3, 0.4) is 0 Å². The van der Waals surface area contributed by atoms with Gasteiger partial charge in [0.15, 0.2) is 0 Å². The molecule has 2 aromatic carbocycles. The lowest BCUT2D eigenvalue weighted by Crippen LogP contribution is -2.29. The normalized spacial score (nSPS) is 10.2. The van der Waals surface area contributed by atoms with Crippen LogP contribution in [0, 0.1) is 0 Å². The molecule has 0 N–H and O–H groups in total. The summed E-state index contributed by atoms with van der Waals surface area (Å²) in [5, 5.41) is 1.09. The van der Waals surface area contributed by atoms with Gasteiger partial charge in [0.2, 0.25) is 0 Å². The molecule has 0 aliphatic carbocycles. The van der Waals surface area contributed by atoms with Gasteiger partial charge in [0.25, 0.3) is 0 Å². The molecule has 2 rings (SSSR count). The van der Waals surface area contributed by atoms with E-state index in [0.29, 0.717) is 22.3 Å². The number of halogens is 2. The minimum atomic E-state index is -0.442. The van der Waals surface area contributed by atoms with Crippen molar-refractivity contribution in [1.29, 1.82) is 0 Å². The molecule has 5 heteroatoms. The van der Waals surface area contributed by atoms with Crippen molar-refractivity contribution in [2.45, 2.75) is 6.54 Å². The summed E-state index contributed by atoms with van der Waals surface area (Å²) in [5.41, 5.74) is 0.809. The lowest BCUT2D eigenvalue weighted by molar-refractivity contribution is 0.161. The van der Waals surface area contributed by atoms with Crippen LogP contribution in [-0.2, 0) is 6.54 Å². The third-order valence-electron chi connectivity index (χ3n) is 2.68. The molecule has 0 bridgehead atoms. The number of ether oxygens (including phenoxy) is 1. The van der Waals surface area contributed by atoms with E-state index in [-0.39, 0.29) is 0 Å². The second-order valence-corrected chi connectivity index (χ2v) is 5.12. The monoisotopic (exact) mass is 309 g/mol. The van der Waals surface area contributed by atoms with Gasteiger partial charge < -0.3 is 9.64 Å². The minimum Gasteiger partial charge on any atom is -0.410 e. The number of rotatable bonds is 3. The van der Waals surface area contributed by atoms with Gasteiger partial charge in [0.1, 0.15) is 5.75 Å². The van der Waals surface area contributed by atoms with E-state index in [9.17, 15) is 4.79 Å². The molecule has 0 aromatic heterocycles. The summed E-state index contributed by atoms with van der Waals surface area (Å²) in [4.78, 5) is 13.4. The topological polar surface area (TPSA) is 29.5 Å². The Kier molecular flexibility index (Phi) is 4.88. The van der Waals surface area contributed by atoms with E-state index < -0.39 is 6.09 Å². The van der Waals surface area contributed by atoms with E-state index in [1.54, 1.807) is 49.5 Å². The van der Waals surface area contributed by atoms with Crippen molar-refractivity contribution < 1.29 is 9.53 Å². The summed E-state index contributed by atoms with van der Waals surface area (Å²) in [7, 11) is 1.65. The second kappa shape index (κ2) is 6.64. The molecule has 1 amide bonds. The number of benzene rings is 2. The first-order valence-corrected chi connectivity index (χ1v) is 6.74. The predicted molar refractivity (Wildman–Crippen MR) is 80.4 cm³/mol.